The molecule has 1 nitrogen and oxygen atoms in total. The summed E-state index contributed by atoms with van der Waals surface area (Å²) in [6, 6.07) is 6.92. The third-order valence-corrected chi connectivity index (χ3v) is 3.27. The summed E-state index contributed by atoms with van der Waals surface area (Å²) in [6.45, 7) is 2.21. The highest BCUT2D eigenvalue weighted by Gasteiger charge is 2.22. The van der Waals surface area contributed by atoms with Crippen LogP contribution < -0.4 is 0 Å². The number of benzene rings is 1. The summed E-state index contributed by atoms with van der Waals surface area (Å²) < 4.78 is 12.8. The first-order chi connectivity index (χ1) is 7.31. The summed E-state index contributed by atoms with van der Waals surface area (Å²) in [7, 11) is 0. The number of hydrogen-bond donors (Lipinski definition) is 0. The van der Waals surface area contributed by atoms with E-state index in [1.54, 1.807) is 0 Å². The van der Waals surface area contributed by atoms with E-state index in [1.165, 1.54) is 25.0 Å². The number of halogens is 2. The minimum atomic E-state index is -0.187. The van der Waals surface area contributed by atoms with Crippen molar-refractivity contribution in [1.29, 1.82) is 0 Å². The Kier molecular flexibility index (Phi) is 3.60. The lowest BCUT2D eigenvalue weighted by Crippen LogP contribution is -2.26. The first-order valence-corrected chi connectivity index (χ1v) is 5.90. The van der Waals surface area contributed by atoms with Crippen LogP contribution in [0.15, 0.2) is 24.3 Å². The lowest BCUT2D eigenvalue weighted by atomic mass is 10.1. The molecule has 1 unspecified atom stereocenters. The van der Waals surface area contributed by atoms with Crippen molar-refractivity contribution in [2.24, 2.45) is 0 Å². The molecule has 1 fully saturated rings. The minimum absolute atomic E-state index is 0.187. The van der Waals surface area contributed by atoms with Crippen molar-refractivity contribution in [2.75, 3.05) is 19.0 Å². The third-order valence-electron chi connectivity index (χ3n) is 2.98. The van der Waals surface area contributed by atoms with Crippen molar-refractivity contribution < 1.29 is 4.39 Å². The Labute approximate surface area is 94.8 Å². The van der Waals surface area contributed by atoms with Crippen molar-refractivity contribution in [1.82, 2.24) is 4.90 Å². The fourth-order valence-electron chi connectivity index (χ4n) is 2.14. The maximum absolute atomic E-state index is 12.8. The van der Waals surface area contributed by atoms with Gasteiger partial charge in [0.15, 0.2) is 0 Å². The van der Waals surface area contributed by atoms with E-state index in [0.29, 0.717) is 5.88 Å². The average molecular weight is 228 g/mol. The van der Waals surface area contributed by atoms with E-state index in [4.69, 9.17) is 11.6 Å². The normalized spacial score (nSPS) is 19.3. The molecule has 0 N–H and O–H groups in total. The summed E-state index contributed by atoms with van der Waals surface area (Å²) in [6.07, 6.45) is 2.49. The molecule has 0 amide bonds. The molecule has 1 aliphatic rings. The summed E-state index contributed by atoms with van der Waals surface area (Å²) in [5.41, 5.74) is 1.12. The molecule has 15 heavy (non-hydrogen) atoms. The van der Waals surface area contributed by atoms with E-state index in [1.807, 2.05) is 12.1 Å². The zero-order valence-electron chi connectivity index (χ0n) is 8.63. The van der Waals surface area contributed by atoms with Crippen molar-refractivity contribution in [3.05, 3.63) is 35.6 Å². The number of hydrogen-bond acceptors (Lipinski definition) is 1. The highest BCUT2D eigenvalue weighted by molar-refractivity contribution is 6.18. The quantitative estimate of drug-likeness (QED) is 0.717. The second-order valence-electron chi connectivity index (χ2n) is 3.96. The van der Waals surface area contributed by atoms with Gasteiger partial charge >= 0.3 is 0 Å². The minimum Gasteiger partial charge on any atom is -0.295 e. The van der Waals surface area contributed by atoms with Gasteiger partial charge in [0.05, 0.1) is 0 Å². The van der Waals surface area contributed by atoms with Gasteiger partial charge in [-0.25, -0.2) is 4.39 Å². The molecule has 1 saturated heterocycles. The van der Waals surface area contributed by atoms with Gasteiger partial charge in [-0.05, 0) is 43.6 Å². The lowest BCUT2D eigenvalue weighted by molar-refractivity contribution is 0.266. The molecule has 0 spiro atoms. The van der Waals surface area contributed by atoms with Crippen molar-refractivity contribution >= 4 is 11.6 Å². The monoisotopic (exact) mass is 227 g/mol. The van der Waals surface area contributed by atoms with Gasteiger partial charge in [-0.1, -0.05) is 12.1 Å². The van der Waals surface area contributed by atoms with Gasteiger partial charge in [-0.2, -0.15) is 0 Å². The van der Waals surface area contributed by atoms with Crippen LogP contribution in [0.4, 0.5) is 4.39 Å². The SMILES string of the molecule is Fc1ccc(C(CCl)N2CCCC2)cc1. The van der Waals surface area contributed by atoms with Gasteiger partial charge in [-0.15, -0.1) is 11.6 Å². The Morgan fingerprint density at radius 1 is 1.20 bits per heavy atom. The van der Waals surface area contributed by atoms with E-state index < -0.39 is 0 Å². The molecule has 1 aromatic carbocycles. The molecule has 1 heterocycles. The van der Waals surface area contributed by atoms with E-state index in [-0.39, 0.29) is 11.9 Å². The van der Waals surface area contributed by atoms with Gasteiger partial charge in [0.1, 0.15) is 5.82 Å². The van der Waals surface area contributed by atoms with Crippen LogP contribution in [0, 0.1) is 5.82 Å². The van der Waals surface area contributed by atoms with Crippen molar-refractivity contribution in [3.8, 4) is 0 Å². The molecule has 1 atom stereocenters. The molecule has 0 radical (unpaired) electrons. The number of likely N-dealkylation sites (tertiary alicyclic amines) is 1. The average Bonchev–Trinajstić information content (AvgIpc) is 2.75. The summed E-state index contributed by atoms with van der Waals surface area (Å²) >= 11 is 5.99. The van der Waals surface area contributed by atoms with Crippen LogP contribution in [0.3, 0.4) is 0 Å². The number of nitrogens with zero attached hydrogens (tertiary/aromatic N) is 1. The van der Waals surface area contributed by atoms with Crippen LogP contribution in [0.5, 0.6) is 0 Å². The van der Waals surface area contributed by atoms with Crippen molar-refractivity contribution in [3.63, 3.8) is 0 Å². The molecule has 0 saturated carbocycles. The fourth-order valence-corrected chi connectivity index (χ4v) is 2.51. The molecular formula is C12H15ClFN. The van der Waals surface area contributed by atoms with Crippen LogP contribution in [0.2, 0.25) is 0 Å². The fraction of sp³-hybridized carbons (Fsp3) is 0.500. The van der Waals surface area contributed by atoms with E-state index >= 15 is 0 Å². The molecule has 1 aromatic rings. The molecule has 0 aliphatic carbocycles. The maximum atomic E-state index is 12.8. The second kappa shape index (κ2) is 4.95. The Morgan fingerprint density at radius 3 is 2.33 bits per heavy atom. The molecule has 0 bridgehead atoms. The van der Waals surface area contributed by atoms with Gasteiger partial charge in [-0.3, -0.25) is 4.90 Å². The molecule has 2 rings (SSSR count). The largest absolute Gasteiger partial charge is 0.295 e. The molecule has 1 aliphatic heterocycles. The number of rotatable bonds is 3. The second-order valence-corrected chi connectivity index (χ2v) is 4.27. The maximum Gasteiger partial charge on any atom is 0.123 e. The van der Waals surface area contributed by atoms with E-state index in [2.05, 4.69) is 4.90 Å². The zero-order valence-corrected chi connectivity index (χ0v) is 9.38. The predicted molar refractivity (Wildman–Crippen MR) is 60.7 cm³/mol. The molecule has 3 heteroatoms. The molecule has 0 aromatic heterocycles. The standard InChI is InChI=1S/C12H15ClFN/c13-9-12(15-7-1-2-8-15)10-3-5-11(14)6-4-10/h3-6,12H,1-2,7-9H2. The zero-order chi connectivity index (χ0) is 10.7. The first-order valence-electron chi connectivity index (χ1n) is 5.37. The molecule has 82 valence electrons. The van der Waals surface area contributed by atoms with Gasteiger partial charge in [0.25, 0.3) is 0 Å². The van der Waals surface area contributed by atoms with Gasteiger partial charge < -0.3 is 0 Å². The van der Waals surface area contributed by atoms with Crippen molar-refractivity contribution in [2.45, 2.75) is 18.9 Å². The Morgan fingerprint density at radius 2 is 1.80 bits per heavy atom. The third kappa shape index (κ3) is 2.50. The first kappa shape index (κ1) is 10.9. The Bertz CT molecular complexity index is 306. The van der Waals surface area contributed by atoms with Crippen LogP contribution in [0.25, 0.3) is 0 Å². The van der Waals surface area contributed by atoms with Gasteiger partial charge in [0.2, 0.25) is 0 Å². The summed E-state index contributed by atoms with van der Waals surface area (Å²) in [5, 5.41) is 0. The summed E-state index contributed by atoms with van der Waals surface area (Å²) in [5.74, 6) is 0.388. The van der Waals surface area contributed by atoms with E-state index in [0.717, 1.165) is 18.7 Å². The topological polar surface area (TPSA) is 3.24 Å². The van der Waals surface area contributed by atoms with Gasteiger partial charge in [0, 0.05) is 11.9 Å². The van der Waals surface area contributed by atoms with Crippen LogP contribution in [0.1, 0.15) is 24.4 Å². The summed E-state index contributed by atoms with van der Waals surface area (Å²) in [4.78, 5) is 2.38. The highest BCUT2D eigenvalue weighted by atomic mass is 35.5. The Balaban J connectivity index is 2.14. The van der Waals surface area contributed by atoms with E-state index in [9.17, 15) is 4.39 Å². The number of alkyl halides is 1. The molecular weight excluding hydrogens is 213 g/mol. The van der Waals surface area contributed by atoms with Crippen LogP contribution in [-0.2, 0) is 0 Å². The van der Waals surface area contributed by atoms with Crippen LogP contribution in [-0.4, -0.2) is 23.9 Å². The van der Waals surface area contributed by atoms with Crippen LogP contribution >= 0.6 is 11.6 Å². The predicted octanol–water partition coefficient (Wildman–Crippen LogP) is 3.20. The lowest BCUT2D eigenvalue weighted by Gasteiger charge is -2.25. The Hall–Kier alpha value is -0.600. The highest BCUT2D eigenvalue weighted by Crippen LogP contribution is 2.26. The smallest absolute Gasteiger partial charge is 0.123 e.